The van der Waals surface area contributed by atoms with Gasteiger partial charge in [-0.1, -0.05) is 51.1 Å². The molecule has 0 fully saturated rings. The summed E-state index contributed by atoms with van der Waals surface area (Å²) < 4.78 is 1.66. The molecule has 1 aromatic heterocycles. The first-order chi connectivity index (χ1) is 10.0. The minimum Gasteiger partial charge on any atom is -0.481 e. The molecule has 6 heteroatoms. The standard InChI is InChI=1S/C15H20N4O2/c1-10(2)13(9-14(20)21)19-15(16-17-18-19)11(3)12-7-5-4-6-8-12/h4-8,10-11,13H,9H2,1-3H3,(H,20,21). The van der Waals surface area contributed by atoms with Crippen molar-refractivity contribution < 1.29 is 9.90 Å². The van der Waals surface area contributed by atoms with Gasteiger partial charge >= 0.3 is 5.97 Å². The van der Waals surface area contributed by atoms with Crippen LogP contribution >= 0.6 is 0 Å². The van der Waals surface area contributed by atoms with Crippen LogP contribution in [0, 0.1) is 5.92 Å². The molecule has 2 rings (SSSR count). The van der Waals surface area contributed by atoms with Crippen LogP contribution in [0.4, 0.5) is 0 Å². The highest BCUT2D eigenvalue weighted by molar-refractivity contribution is 5.67. The van der Waals surface area contributed by atoms with Gasteiger partial charge in [-0.15, -0.1) is 5.10 Å². The second kappa shape index (κ2) is 6.47. The van der Waals surface area contributed by atoms with Crippen LogP contribution in [0.2, 0.25) is 0 Å². The number of aliphatic carboxylic acids is 1. The molecule has 6 nitrogen and oxygen atoms in total. The van der Waals surface area contributed by atoms with Crippen molar-refractivity contribution in [3.63, 3.8) is 0 Å². The van der Waals surface area contributed by atoms with Gasteiger partial charge in [0.2, 0.25) is 0 Å². The van der Waals surface area contributed by atoms with Gasteiger partial charge in [0.05, 0.1) is 12.5 Å². The molecule has 1 heterocycles. The molecule has 0 aliphatic heterocycles. The predicted molar refractivity (Wildman–Crippen MR) is 77.9 cm³/mol. The Morgan fingerprint density at radius 2 is 1.90 bits per heavy atom. The molecular formula is C15H20N4O2. The minimum absolute atomic E-state index is 0.0104. The van der Waals surface area contributed by atoms with Crippen LogP contribution in [0.5, 0.6) is 0 Å². The van der Waals surface area contributed by atoms with Gasteiger partial charge in [0, 0.05) is 5.92 Å². The lowest BCUT2D eigenvalue weighted by Gasteiger charge is -2.22. The second-order valence-electron chi connectivity index (χ2n) is 5.52. The van der Waals surface area contributed by atoms with E-state index in [2.05, 4.69) is 15.5 Å². The first-order valence-corrected chi connectivity index (χ1v) is 7.05. The molecule has 1 N–H and O–H groups in total. The Kier molecular flexibility index (Phi) is 4.67. The van der Waals surface area contributed by atoms with Crippen LogP contribution in [-0.4, -0.2) is 31.3 Å². The number of tetrazole rings is 1. The van der Waals surface area contributed by atoms with Gasteiger partial charge in [-0.2, -0.15) is 0 Å². The van der Waals surface area contributed by atoms with Crippen molar-refractivity contribution in [3.05, 3.63) is 41.7 Å². The Morgan fingerprint density at radius 3 is 2.48 bits per heavy atom. The summed E-state index contributed by atoms with van der Waals surface area (Å²) in [5, 5.41) is 21.0. The number of nitrogens with zero attached hydrogens (tertiary/aromatic N) is 4. The lowest BCUT2D eigenvalue weighted by Crippen LogP contribution is -2.23. The monoisotopic (exact) mass is 288 g/mol. The topological polar surface area (TPSA) is 80.9 Å². The van der Waals surface area contributed by atoms with Crippen molar-refractivity contribution in [1.82, 2.24) is 20.2 Å². The largest absolute Gasteiger partial charge is 0.481 e. The van der Waals surface area contributed by atoms with Crippen LogP contribution in [0.3, 0.4) is 0 Å². The van der Waals surface area contributed by atoms with E-state index in [0.717, 1.165) is 5.56 Å². The minimum atomic E-state index is -0.845. The maximum absolute atomic E-state index is 11.1. The lowest BCUT2D eigenvalue weighted by molar-refractivity contribution is -0.138. The average Bonchev–Trinajstić information content (AvgIpc) is 2.93. The number of rotatable bonds is 6. The maximum Gasteiger partial charge on any atom is 0.305 e. The number of carboxylic acid groups (broad SMARTS) is 1. The Bertz CT molecular complexity index is 595. The van der Waals surface area contributed by atoms with Crippen LogP contribution in [0.15, 0.2) is 30.3 Å². The Morgan fingerprint density at radius 1 is 1.24 bits per heavy atom. The van der Waals surface area contributed by atoms with Gasteiger partial charge in [0.1, 0.15) is 0 Å². The third-order valence-electron chi connectivity index (χ3n) is 3.67. The normalized spacial score (nSPS) is 14.1. The highest BCUT2D eigenvalue weighted by atomic mass is 16.4. The number of benzene rings is 1. The van der Waals surface area contributed by atoms with Crippen molar-refractivity contribution in [2.75, 3.05) is 0 Å². The van der Waals surface area contributed by atoms with E-state index in [1.54, 1.807) is 4.68 Å². The molecule has 0 spiro atoms. The molecule has 0 saturated heterocycles. The van der Waals surface area contributed by atoms with Crippen LogP contribution in [0.1, 0.15) is 50.5 Å². The first kappa shape index (κ1) is 15.2. The number of carbonyl (C=O) groups is 1. The summed E-state index contributed by atoms with van der Waals surface area (Å²) >= 11 is 0. The molecule has 0 aliphatic rings. The van der Waals surface area contributed by atoms with Gasteiger partial charge in [0.25, 0.3) is 0 Å². The zero-order chi connectivity index (χ0) is 15.4. The van der Waals surface area contributed by atoms with Gasteiger partial charge in [-0.3, -0.25) is 4.79 Å². The summed E-state index contributed by atoms with van der Waals surface area (Å²) in [6.45, 7) is 5.98. The van der Waals surface area contributed by atoms with Crippen LogP contribution in [0.25, 0.3) is 0 Å². The Balaban J connectivity index is 2.35. The molecule has 0 saturated carbocycles. The van der Waals surface area contributed by atoms with E-state index >= 15 is 0 Å². The fourth-order valence-electron chi connectivity index (χ4n) is 2.40. The van der Waals surface area contributed by atoms with E-state index in [0.29, 0.717) is 5.82 Å². The van der Waals surface area contributed by atoms with Crippen molar-refractivity contribution >= 4 is 5.97 Å². The second-order valence-corrected chi connectivity index (χ2v) is 5.52. The third-order valence-corrected chi connectivity index (χ3v) is 3.67. The number of aromatic nitrogens is 4. The van der Waals surface area contributed by atoms with Crippen molar-refractivity contribution in [2.45, 2.75) is 39.2 Å². The molecule has 0 amide bonds. The van der Waals surface area contributed by atoms with Gasteiger partial charge in [-0.25, -0.2) is 4.68 Å². The van der Waals surface area contributed by atoms with Crippen LogP contribution < -0.4 is 0 Å². The number of hydrogen-bond donors (Lipinski definition) is 1. The summed E-state index contributed by atoms with van der Waals surface area (Å²) in [5.74, 6) is -0.00812. The molecule has 0 radical (unpaired) electrons. The third kappa shape index (κ3) is 3.45. The Hall–Kier alpha value is -2.24. The molecule has 21 heavy (non-hydrogen) atoms. The number of hydrogen-bond acceptors (Lipinski definition) is 4. The van der Waals surface area contributed by atoms with Crippen LogP contribution in [-0.2, 0) is 4.79 Å². The Labute approximate surface area is 123 Å². The zero-order valence-electron chi connectivity index (χ0n) is 12.5. The molecule has 2 atom stereocenters. The lowest BCUT2D eigenvalue weighted by atomic mass is 9.97. The van der Waals surface area contributed by atoms with E-state index in [4.69, 9.17) is 5.11 Å². The molecule has 2 unspecified atom stereocenters. The van der Waals surface area contributed by atoms with Gasteiger partial charge in [0.15, 0.2) is 5.82 Å². The van der Waals surface area contributed by atoms with E-state index in [9.17, 15) is 4.79 Å². The summed E-state index contributed by atoms with van der Waals surface area (Å²) in [7, 11) is 0. The highest BCUT2D eigenvalue weighted by Crippen LogP contribution is 2.27. The molecule has 112 valence electrons. The average molecular weight is 288 g/mol. The summed E-state index contributed by atoms with van der Waals surface area (Å²) in [6.07, 6.45) is 0.0111. The zero-order valence-corrected chi connectivity index (χ0v) is 12.5. The van der Waals surface area contributed by atoms with Crippen molar-refractivity contribution in [1.29, 1.82) is 0 Å². The van der Waals surface area contributed by atoms with E-state index in [-0.39, 0.29) is 24.3 Å². The fraction of sp³-hybridized carbons (Fsp3) is 0.467. The highest BCUT2D eigenvalue weighted by Gasteiger charge is 2.26. The summed E-state index contributed by atoms with van der Waals surface area (Å²) in [4.78, 5) is 11.1. The van der Waals surface area contributed by atoms with Gasteiger partial charge < -0.3 is 5.11 Å². The van der Waals surface area contributed by atoms with E-state index < -0.39 is 5.97 Å². The summed E-state index contributed by atoms with van der Waals surface area (Å²) in [6, 6.07) is 9.68. The van der Waals surface area contributed by atoms with E-state index in [1.165, 1.54) is 0 Å². The quantitative estimate of drug-likeness (QED) is 0.883. The fourth-order valence-corrected chi connectivity index (χ4v) is 2.40. The molecule has 0 bridgehead atoms. The molecule has 1 aromatic carbocycles. The van der Waals surface area contributed by atoms with Crippen molar-refractivity contribution in [3.8, 4) is 0 Å². The predicted octanol–water partition coefficient (Wildman–Crippen LogP) is 2.50. The number of carboxylic acids is 1. The van der Waals surface area contributed by atoms with Crippen molar-refractivity contribution in [2.24, 2.45) is 5.92 Å². The van der Waals surface area contributed by atoms with Gasteiger partial charge in [-0.05, 0) is 21.9 Å². The molecular weight excluding hydrogens is 268 g/mol. The van der Waals surface area contributed by atoms with E-state index in [1.807, 2.05) is 51.1 Å². The first-order valence-electron chi connectivity index (χ1n) is 7.05. The summed E-state index contributed by atoms with van der Waals surface area (Å²) in [5.41, 5.74) is 1.10. The SMILES string of the molecule is CC(c1ccccc1)c1nnnn1C(CC(=O)O)C(C)C. The smallest absolute Gasteiger partial charge is 0.305 e. The molecule has 2 aromatic rings. The maximum atomic E-state index is 11.1. The molecule has 0 aliphatic carbocycles.